The predicted octanol–water partition coefficient (Wildman–Crippen LogP) is 1.26. The number of carbonyl (C=O) groups is 2. The van der Waals surface area contributed by atoms with Gasteiger partial charge in [-0.1, -0.05) is 26.2 Å². The summed E-state index contributed by atoms with van der Waals surface area (Å²) in [6.07, 6.45) is 3.97. The predicted molar refractivity (Wildman–Crippen MR) is 49.9 cm³/mol. The maximum absolute atomic E-state index is 11.1. The largest absolute Gasteiger partial charge is 0.480 e. The third kappa shape index (κ3) is 6.42. The van der Waals surface area contributed by atoms with Crippen LogP contribution in [0.1, 0.15) is 39.0 Å². The second kappa shape index (κ2) is 7.32. The van der Waals surface area contributed by atoms with Gasteiger partial charge < -0.3 is 5.11 Å². The average molecular weight is 203 g/mol. The van der Waals surface area contributed by atoms with Gasteiger partial charge in [0.1, 0.15) is 6.54 Å². The van der Waals surface area contributed by atoms with Crippen molar-refractivity contribution < 1.29 is 19.9 Å². The van der Waals surface area contributed by atoms with Crippen molar-refractivity contribution in [1.29, 1.82) is 0 Å². The van der Waals surface area contributed by atoms with Crippen LogP contribution in [0.25, 0.3) is 0 Å². The zero-order valence-corrected chi connectivity index (χ0v) is 8.40. The minimum absolute atomic E-state index is 0.212. The van der Waals surface area contributed by atoms with Crippen LogP contribution in [0.2, 0.25) is 0 Å². The molecular weight excluding hydrogens is 186 g/mol. The number of carboxylic acids is 1. The number of carbonyl (C=O) groups excluding carboxylic acids is 1. The SMILES string of the molecule is CCCCCCC(=O)N(O)CC(=O)O. The molecular formula is C9H17NO4. The molecule has 0 atom stereocenters. The van der Waals surface area contributed by atoms with Gasteiger partial charge in [0, 0.05) is 6.42 Å². The Hall–Kier alpha value is -1.10. The molecule has 0 fully saturated rings. The van der Waals surface area contributed by atoms with E-state index < -0.39 is 18.4 Å². The highest BCUT2D eigenvalue weighted by atomic mass is 16.5. The molecule has 0 aliphatic carbocycles. The van der Waals surface area contributed by atoms with Gasteiger partial charge in [0.05, 0.1) is 0 Å². The summed E-state index contributed by atoms with van der Waals surface area (Å²) in [4.78, 5) is 21.2. The Morgan fingerprint density at radius 1 is 1.21 bits per heavy atom. The van der Waals surface area contributed by atoms with E-state index in [2.05, 4.69) is 6.92 Å². The highest BCUT2D eigenvalue weighted by Crippen LogP contribution is 2.03. The first-order chi connectivity index (χ1) is 6.57. The van der Waals surface area contributed by atoms with Gasteiger partial charge in [-0.25, -0.2) is 5.06 Å². The number of carboxylic acid groups (broad SMARTS) is 1. The lowest BCUT2D eigenvalue weighted by Crippen LogP contribution is -2.32. The van der Waals surface area contributed by atoms with Gasteiger partial charge in [0.25, 0.3) is 0 Å². The quantitative estimate of drug-likeness (QED) is 0.371. The van der Waals surface area contributed by atoms with Crippen molar-refractivity contribution in [1.82, 2.24) is 5.06 Å². The van der Waals surface area contributed by atoms with Crippen LogP contribution in [0.15, 0.2) is 0 Å². The monoisotopic (exact) mass is 203 g/mol. The summed E-state index contributed by atoms with van der Waals surface area (Å²) in [5.41, 5.74) is 0. The molecule has 0 aliphatic rings. The van der Waals surface area contributed by atoms with Crippen LogP contribution in [0, 0.1) is 0 Å². The number of hydrogen-bond acceptors (Lipinski definition) is 3. The van der Waals surface area contributed by atoms with E-state index in [4.69, 9.17) is 10.3 Å². The van der Waals surface area contributed by atoms with E-state index in [0.717, 1.165) is 19.3 Å². The van der Waals surface area contributed by atoms with Crippen molar-refractivity contribution in [3.05, 3.63) is 0 Å². The smallest absolute Gasteiger partial charge is 0.325 e. The van der Waals surface area contributed by atoms with Crippen LogP contribution < -0.4 is 0 Å². The van der Waals surface area contributed by atoms with Gasteiger partial charge >= 0.3 is 5.97 Å². The topological polar surface area (TPSA) is 77.8 Å². The molecule has 0 bridgehead atoms. The van der Waals surface area contributed by atoms with Crippen LogP contribution in [0.4, 0.5) is 0 Å². The van der Waals surface area contributed by atoms with Gasteiger partial charge in [-0.05, 0) is 6.42 Å². The zero-order valence-electron chi connectivity index (χ0n) is 8.40. The van der Waals surface area contributed by atoms with Crippen molar-refractivity contribution in [2.45, 2.75) is 39.0 Å². The van der Waals surface area contributed by atoms with E-state index in [1.54, 1.807) is 0 Å². The third-order valence-electron chi connectivity index (χ3n) is 1.82. The Kier molecular flexibility index (Phi) is 6.74. The van der Waals surface area contributed by atoms with Gasteiger partial charge in [-0.3, -0.25) is 14.8 Å². The van der Waals surface area contributed by atoms with Gasteiger partial charge in [-0.2, -0.15) is 0 Å². The fourth-order valence-electron chi connectivity index (χ4n) is 1.05. The van der Waals surface area contributed by atoms with Crippen LogP contribution in [0.3, 0.4) is 0 Å². The lowest BCUT2D eigenvalue weighted by Gasteiger charge is -2.11. The van der Waals surface area contributed by atoms with Crippen LogP contribution in [-0.2, 0) is 9.59 Å². The number of rotatable bonds is 7. The van der Waals surface area contributed by atoms with Crippen molar-refractivity contribution in [2.75, 3.05) is 6.54 Å². The first kappa shape index (κ1) is 12.9. The first-order valence-corrected chi connectivity index (χ1v) is 4.79. The molecule has 2 N–H and O–H groups in total. The normalized spacial score (nSPS) is 9.86. The molecule has 0 heterocycles. The molecule has 0 saturated heterocycles. The molecule has 0 aliphatic heterocycles. The maximum atomic E-state index is 11.1. The lowest BCUT2D eigenvalue weighted by atomic mass is 10.1. The molecule has 0 unspecified atom stereocenters. The molecule has 1 amide bonds. The highest BCUT2D eigenvalue weighted by Gasteiger charge is 2.13. The lowest BCUT2D eigenvalue weighted by molar-refractivity contribution is -0.173. The Morgan fingerprint density at radius 3 is 2.36 bits per heavy atom. The average Bonchev–Trinajstić information content (AvgIpc) is 2.11. The second-order valence-electron chi connectivity index (χ2n) is 3.16. The molecule has 0 aromatic rings. The number of hydrogen-bond donors (Lipinski definition) is 2. The maximum Gasteiger partial charge on any atom is 0.325 e. The van der Waals surface area contributed by atoms with Crippen LogP contribution in [-0.4, -0.2) is 33.8 Å². The van der Waals surface area contributed by atoms with Crippen molar-refractivity contribution >= 4 is 11.9 Å². The molecule has 0 radical (unpaired) electrons. The molecule has 0 aromatic carbocycles. The summed E-state index contributed by atoms with van der Waals surface area (Å²) in [5.74, 6) is -1.74. The minimum atomic E-state index is -1.21. The summed E-state index contributed by atoms with van der Waals surface area (Å²) in [6, 6.07) is 0. The molecule has 82 valence electrons. The van der Waals surface area contributed by atoms with E-state index in [0.29, 0.717) is 6.42 Å². The number of unbranched alkanes of at least 4 members (excludes halogenated alkanes) is 3. The highest BCUT2D eigenvalue weighted by molar-refractivity contribution is 5.80. The zero-order chi connectivity index (χ0) is 11.0. The standard InChI is InChI=1S/C9H17NO4/c1-2-3-4-5-6-8(11)10(14)7-9(12)13/h14H,2-7H2,1H3,(H,12,13). The molecule has 0 saturated carbocycles. The van der Waals surface area contributed by atoms with E-state index >= 15 is 0 Å². The van der Waals surface area contributed by atoms with E-state index in [9.17, 15) is 9.59 Å². The van der Waals surface area contributed by atoms with Crippen LogP contribution in [0.5, 0.6) is 0 Å². The number of amides is 1. The summed E-state index contributed by atoms with van der Waals surface area (Å²) >= 11 is 0. The van der Waals surface area contributed by atoms with Crippen molar-refractivity contribution in [2.24, 2.45) is 0 Å². The van der Waals surface area contributed by atoms with Crippen LogP contribution >= 0.6 is 0 Å². The summed E-state index contributed by atoms with van der Waals surface area (Å²) in [7, 11) is 0. The minimum Gasteiger partial charge on any atom is -0.480 e. The molecule has 5 heteroatoms. The van der Waals surface area contributed by atoms with Crippen molar-refractivity contribution in [3.8, 4) is 0 Å². The van der Waals surface area contributed by atoms with E-state index in [1.807, 2.05) is 0 Å². The molecule has 0 spiro atoms. The van der Waals surface area contributed by atoms with Gasteiger partial charge in [-0.15, -0.1) is 0 Å². The second-order valence-corrected chi connectivity index (χ2v) is 3.16. The Bertz CT molecular complexity index is 193. The summed E-state index contributed by atoms with van der Waals surface area (Å²) in [5, 5.41) is 17.5. The van der Waals surface area contributed by atoms with Gasteiger partial charge in [0.2, 0.25) is 5.91 Å². The van der Waals surface area contributed by atoms with E-state index in [-0.39, 0.29) is 11.5 Å². The van der Waals surface area contributed by atoms with E-state index in [1.165, 1.54) is 0 Å². The fourth-order valence-corrected chi connectivity index (χ4v) is 1.05. The Morgan fingerprint density at radius 2 is 1.86 bits per heavy atom. The summed E-state index contributed by atoms with van der Waals surface area (Å²) < 4.78 is 0. The Balaban J connectivity index is 3.57. The molecule has 5 nitrogen and oxygen atoms in total. The first-order valence-electron chi connectivity index (χ1n) is 4.79. The Labute approximate surface area is 83.3 Å². The number of aliphatic carboxylic acids is 1. The third-order valence-corrected chi connectivity index (χ3v) is 1.82. The molecule has 0 rings (SSSR count). The fraction of sp³-hybridized carbons (Fsp3) is 0.778. The molecule has 0 aromatic heterocycles. The molecule has 14 heavy (non-hydrogen) atoms. The number of hydroxylamine groups is 2. The number of nitrogens with zero attached hydrogens (tertiary/aromatic N) is 1. The summed E-state index contributed by atoms with van der Waals surface area (Å²) in [6.45, 7) is 1.41. The van der Waals surface area contributed by atoms with Gasteiger partial charge in [0.15, 0.2) is 0 Å². The van der Waals surface area contributed by atoms with Crippen molar-refractivity contribution in [3.63, 3.8) is 0 Å².